The number of aromatic nitrogens is 4. The molecule has 37 heavy (non-hydrogen) atoms. The standard InChI is InChI=1S/C29H22FN5O2/c1-36-21-11-6-18(7-12-21)17-32-29-35-34-28(37-29)20-9-8-19-10-13-22(24(19)16-20)27-31-15-14-26(33-27)23-4-2-3-5-25(23)30/h2-9,11-16H,10,17H2,1H3,(H,32,35). The van der Waals surface area contributed by atoms with E-state index in [9.17, 15) is 4.39 Å². The van der Waals surface area contributed by atoms with Crippen LogP contribution in [0.3, 0.4) is 0 Å². The molecule has 2 heterocycles. The molecule has 182 valence electrons. The van der Waals surface area contributed by atoms with Crippen LogP contribution in [0.15, 0.2) is 89.5 Å². The molecule has 0 spiro atoms. The topological polar surface area (TPSA) is 86.0 Å². The molecule has 0 bridgehead atoms. The third-order valence-corrected chi connectivity index (χ3v) is 6.25. The molecule has 1 N–H and O–H groups in total. The lowest BCUT2D eigenvalue weighted by Crippen LogP contribution is -1.99. The summed E-state index contributed by atoms with van der Waals surface area (Å²) in [7, 11) is 1.64. The second kappa shape index (κ2) is 9.66. The van der Waals surface area contributed by atoms with Crippen molar-refractivity contribution in [3.05, 3.63) is 113 Å². The summed E-state index contributed by atoms with van der Waals surface area (Å²) in [5, 5.41) is 11.5. The summed E-state index contributed by atoms with van der Waals surface area (Å²) >= 11 is 0. The molecular weight excluding hydrogens is 469 g/mol. The van der Waals surface area contributed by atoms with Crippen LogP contribution in [-0.4, -0.2) is 27.3 Å². The number of fused-ring (bicyclic) bond motifs is 1. The van der Waals surface area contributed by atoms with Crippen LogP contribution in [0.25, 0.3) is 28.3 Å². The molecule has 5 aromatic rings. The van der Waals surface area contributed by atoms with E-state index >= 15 is 0 Å². The van der Waals surface area contributed by atoms with Crippen molar-refractivity contribution in [2.75, 3.05) is 12.4 Å². The zero-order valence-corrected chi connectivity index (χ0v) is 20.0. The van der Waals surface area contributed by atoms with Gasteiger partial charge in [-0.15, -0.1) is 5.10 Å². The Labute approximate surface area is 212 Å². The van der Waals surface area contributed by atoms with Crippen LogP contribution >= 0.6 is 0 Å². The lowest BCUT2D eigenvalue weighted by atomic mass is 10.0. The maximum Gasteiger partial charge on any atom is 0.316 e. The van der Waals surface area contributed by atoms with Crippen LogP contribution < -0.4 is 10.1 Å². The largest absolute Gasteiger partial charge is 0.497 e. The number of anilines is 1. The lowest BCUT2D eigenvalue weighted by Gasteiger charge is -2.08. The fourth-order valence-corrected chi connectivity index (χ4v) is 4.31. The second-order valence-electron chi connectivity index (χ2n) is 8.55. The van der Waals surface area contributed by atoms with Gasteiger partial charge in [-0.25, -0.2) is 14.4 Å². The van der Waals surface area contributed by atoms with E-state index in [1.807, 2.05) is 42.5 Å². The highest BCUT2D eigenvalue weighted by Gasteiger charge is 2.21. The number of hydrogen-bond acceptors (Lipinski definition) is 7. The summed E-state index contributed by atoms with van der Waals surface area (Å²) in [5.74, 6) is 1.44. The van der Waals surface area contributed by atoms with Crippen LogP contribution in [0.2, 0.25) is 0 Å². The van der Waals surface area contributed by atoms with Gasteiger partial charge in [-0.1, -0.05) is 41.5 Å². The highest BCUT2D eigenvalue weighted by molar-refractivity contribution is 5.84. The predicted molar refractivity (Wildman–Crippen MR) is 138 cm³/mol. The molecule has 8 heteroatoms. The minimum atomic E-state index is -0.317. The Balaban J connectivity index is 1.23. The van der Waals surface area contributed by atoms with Gasteiger partial charge < -0.3 is 14.5 Å². The first-order valence-electron chi connectivity index (χ1n) is 11.8. The van der Waals surface area contributed by atoms with Crippen molar-refractivity contribution in [1.29, 1.82) is 0 Å². The molecule has 0 amide bonds. The van der Waals surface area contributed by atoms with Gasteiger partial charge in [0.05, 0.1) is 12.8 Å². The van der Waals surface area contributed by atoms with Gasteiger partial charge in [-0.2, -0.15) is 0 Å². The number of methoxy groups -OCH3 is 1. The Morgan fingerprint density at radius 2 is 1.84 bits per heavy atom. The number of halogens is 1. The molecule has 0 unspecified atom stereocenters. The Kier molecular flexibility index (Phi) is 5.90. The van der Waals surface area contributed by atoms with E-state index in [0.29, 0.717) is 35.5 Å². The molecule has 3 aromatic carbocycles. The van der Waals surface area contributed by atoms with E-state index in [-0.39, 0.29) is 5.82 Å². The highest BCUT2D eigenvalue weighted by Crippen LogP contribution is 2.35. The SMILES string of the molecule is COc1ccc(CNc2nnc(-c3ccc4c(c3)C(c3nccc(-c5ccccc5F)n3)=CC4)o2)cc1. The predicted octanol–water partition coefficient (Wildman–Crippen LogP) is 5.94. The van der Waals surface area contributed by atoms with E-state index in [1.165, 1.54) is 6.07 Å². The Bertz CT molecular complexity index is 1610. The quantitative estimate of drug-likeness (QED) is 0.301. The number of rotatable bonds is 7. The van der Waals surface area contributed by atoms with Crippen molar-refractivity contribution in [2.24, 2.45) is 0 Å². The summed E-state index contributed by atoms with van der Waals surface area (Å²) in [5.41, 5.74) is 5.88. The Morgan fingerprint density at radius 1 is 0.973 bits per heavy atom. The monoisotopic (exact) mass is 491 g/mol. The van der Waals surface area contributed by atoms with Gasteiger partial charge in [0.25, 0.3) is 0 Å². The second-order valence-corrected chi connectivity index (χ2v) is 8.55. The van der Waals surface area contributed by atoms with Crippen molar-refractivity contribution in [2.45, 2.75) is 13.0 Å². The van der Waals surface area contributed by atoms with Gasteiger partial charge in [-0.3, -0.25) is 0 Å². The third-order valence-electron chi connectivity index (χ3n) is 6.25. The minimum Gasteiger partial charge on any atom is -0.497 e. The molecule has 0 fully saturated rings. The van der Waals surface area contributed by atoms with E-state index in [2.05, 4.69) is 31.6 Å². The number of nitrogens with one attached hydrogen (secondary N) is 1. The van der Waals surface area contributed by atoms with E-state index in [0.717, 1.165) is 40.0 Å². The summed E-state index contributed by atoms with van der Waals surface area (Å²) in [4.78, 5) is 9.14. The van der Waals surface area contributed by atoms with Gasteiger partial charge in [0.2, 0.25) is 5.89 Å². The molecular formula is C29H22FN5O2. The maximum absolute atomic E-state index is 14.3. The van der Waals surface area contributed by atoms with Gasteiger partial charge >= 0.3 is 6.01 Å². The highest BCUT2D eigenvalue weighted by atomic mass is 19.1. The molecule has 1 aliphatic rings. The molecule has 6 rings (SSSR count). The number of hydrogen-bond donors (Lipinski definition) is 1. The zero-order chi connectivity index (χ0) is 25.2. The van der Waals surface area contributed by atoms with Crippen LogP contribution in [0.5, 0.6) is 5.75 Å². The Morgan fingerprint density at radius 3 is 2.68 bits per heavy atom. The fraction of sp³-hybridized carbons (Fsp3) is 0.103. The van der Waals surface area contributed by atoms with E-state index in [4.69, 9.17) is 9.15 Å². The first kappa shape index (κ1) is 22.6. The van der Waals surface area contributed by atoms with Gasteiger partial charge in [0, 0.05) is 29.4 Å². The van der Waals surface area contributed by atoms with Gasteiger partial charge in [-0.05, 0) is 65.6 Å². The van der Waals surface area contributed by atoms with Crippen molar-refractivity contribution >= 4 is 11.6 Å². The average Bonchev–Trinajstić information content (AvgIpc) is 3.59. The Hall–Kier alpha value is -4.85. The van der Waals surface area contributed by atoms with Crippen molar-refractivity contribution < 1.29 is 13.5 Å². The average molecular weight is 492 g/mol. The van der Waals surface area contributed by atoms with Crippen molar-refractivity contribution in [1.82, 2.24) is 20.2 Å². The number of nitrogens with zero attached hydrogens (tertiary/aromatic N) is 4. The molecule has 1 aliphatic carbocycles. The van der Waals surface area contributed by atoms with Crippen LogP contribution in [-0.2, 0) is 13.0 Å². The van der Waals surface area contributed by atoms with Crippen LogP contribution in [0.1, 0.15) is 22.5 Å². The number of allylic oxidation sites excluding steroid dienone is 1. The molecule has 0 saturated carbocycles. The zero-order valence-electron chi connectivity index (χ0n) is 20.0. The van der Waals surface area contributed by atoms with Crippen molar-refractivity contribution in [3.8, 4) is 28.5 Å². The molecule has 0 radical (unpaired) electrons. The molecule has 0 atom stereocenters. The summed E-state index contributed by atoms with van der Waals surface area (Å²) in [6, 6.07) is 22.4. The van der Waals surface area contributed by atoms with Gasteiger partial charge in [0.15, 0.2) is 5.82 Å². The molecule has 0 saturated heterocycles. The lowest BCUT2D eigenvalue weighted by molar-refractivity contribution is 0.414. The van der Waals surface area contributed by atoms with Crippen molar-refractivity contribution in [3.63, 3.8) is 0 Å². The van der Waals surface area contributed by atoms with Crippen LogP contribution in [0.4, 0.5) is 10.4 Å². The van der Waals surface area contributed by atoms with Gasteiger partial charge in [0.1, 0.15) is 11.6 Å². The smallest absolute Gasteiger partial charge is 0.316 e. The fourth-order valence-electron chi connectivity index (χ4n) is 4.31. The molecule has 2 aromatic heterocycles. The normalized spacial score (nSPS) is 12.2. The van der Waals surface area contributed by atoms with E-state index in [1.54, 1.807) is 37.6 Å². The molecule has 0 aliphatic heterocycles. The minimum absolute atomic E-state index is 0.317. The number of ether oxygens (including phenoxy) is 1. The van der Waals surface area contributed by atoms with E-state index < -0.39 is 0 Å². The first-order valence-corrected chi connectivity index (χ1v) is 11.8. The number of benzene rings is 3. The summed E-state index contributed by atoms with van der Waals surface area (Å²) in [6.45, 7) is 0.540. The summed E-state index contributed by atoms with van der Waals surface area (Å²) in [6.07, 6.45) is 4.51. The maximum atomic E-state index is 14.3. The third kappa shape index (κ3) is 4.56. The first-order chi connectivity index (χ1) is 18.2. The van der Waals surface area contributed by atoms with Crippen LogP contribution in [0, 0.1) is 5.82 Å². The summed E-state index contributed by atoms with van der Waals surface area (Å²) < 4.78 is 25.4. The molecule has 7 nitrogen and oxygen atoms in total.